The van der Waals surface area contributed by atoms with Gasteiger partial charge in [0.15, 0.2) is 5.78 Å². The molecule has 0 amide bonds. The van der Waals surface area contributed by atoms with E-state index in [9.17, 15) is 14.4 Å². The van der Waals surface area contributed by atoms with Crippen molar-refractivity contribution in [3.8, 4) is 5.69 Å². The third kappa shape index (κ3) is 2.38. The summed E-state index contributed by atoms with van der Waals surface area (Å²) in [5, 5.41) is 0. The number of aromatic nitrogens is 2. The van der Waals surface area contributed by atoms with Crippen molar-refractivity contribution in [2.75, 3.05) is 0 Å². The molecule has 5 nitrogen and oxygen atoms in total. The minimum Gasteiger partial charge on any atom is -0.313 e. The number of carbonyl (C=O) groups excluding carboxylic acids is 1. The van der Waals surface area contributed by atoms with Crippen molar-refractivity contribution >= 4 is 21.7 Å². The third-order valence-corrected chi connectivity index (χ3v) is 3.49. The lowest BCUT2D eigenvalue weighted by atomic mass is 10.1. The maximum atomic E-state index is 12.3. The summed E-state index contributed by atoms with van der Waals surface area (Å²) in [7, 11) is 0. The Bertz CT molecular complexity index is 795. The highest BCUT2D eigenvalue weighted by Gasteiger charge is 2.16. The molecule has 2 rings (SSSR count). The van der Waals surface area contributed by atoms with Crippen LogP contribution in [-0.2, 0) is 0 Å². The number of hydrogen-bond donors (Lipinski definition) is 1. The molecule has 0 spiro atoms. The summed E-state index contributed by atoms with van der Waals surface area (Å²) in [6.45, 7) is 4.90. The fourth-order valence-electron chi connectivity index (χ4n) is 2.18. The van der Waals surface area contributed by atoms with E-state index < -0.39 is 11.2 Å². The van der Waals surface area contributed by atoms with Crippen LogP contribution in [0.5, 0.6) is 0 Å². The molecule has 104 valence electrons. The SMILES string of the molecule is CC(=O)c1c[nH]c(=O)n(-c2c(C)cc(Br)cc2C)c1=O. The number of carbonyl (C=O) groups is 1. The molecule has 6 heteroatoms. The molecule has 0 fully saturated rings. The van der Waals surface area contributed by atoms with Gasteiger partial charge in [-0.3, -0.25) is 9.59 Å². The lowest BCUT2D eigenvalue weighted by molar-refractivity contribution is 0.101. The molecule has 0 saturated heterocycles. The van der Waals surface area contributed by atoms with Gasteiger partial charge in [0.05, 0.1) is 11.3 Å². The summed E-state index contributed by atoms with van der Waals surface area (Å²) in [6, 6.07) is 3.63. The van der Waals surface area contributed by atoms with E-state index in [4.69, 9.17) is 0 Å². The van der Waals surface area contributed by atoms with E-state index in [0.29, 0.717) is 5.69 Å². The van der Waals surface area contributed by atoms with Crippen LogP contribution in [0.4, 0.5) is 0 Å². The summed E-state index contributed by atoms with van der Waals surface area (Å²) in [4.78, 5) is 38.2. The van der Waals surface area contributed by atoms with Crippen molar-refractivity contribution in [3.05, 3.63) is 60.3 Å². The molecule has 1 N–H and O–H groups in total. The number of nitrogens with zero attached hydrogens (tertiary/aromatic N) is 1. The first kappa shape index (κ1) is 14.5. The molecular formula is C14H13BrN2O3. The van der Waals surface area contributed by atoms with Gasteiger partial charge in [-0.05, 0) is 44.0 Å². The summed E-state index contributed by atoms with van der Waals surface area (Å²) < 4.78 is 1.87. The highest BCUT2D eigenvalue weighted by molar-refractivity contribution is 9.10. The van der Waals surface area contributed by atoms with Gasteiger partial charge >= 0.3 is 5.69 Å². The molecule has 0 saturated carbocycles. The minimum atomic E-state index is -0.602. The average Bonchev–Trinajstić information content (AvgIpc) is 2.31. The number of H-pyrrole nitrogens is 1. The molecule has 0 atom stereocenters. The number of benzene rings is 1. The van der Waals surface area contributed by atoms with Crippen molar-refractivity contribution in [1.82, 2.24) is 9.55 Å². The second-order valence-corrected chi connectivity index (χ2v) is 5.51. The van der Waals surface area contributed by atoms with Crippen molar-refractivity contribution < 1.29 is 4.79 Å². The molecule has 0 unspecified atom stereocenters. The fraction of sp³-hybridized carbons (Fsp3) is 0.214. The third-order valence-electron chi connectivity index (χ3n) is 3.04. The lowest BCUT2D eigenvalue weighted by Crippen LogP contribution is -2.37. The van der Waals surface area contributed by atoms with E-state index in [2.05, 4.69) is 20.9 Å². The second kappa shape index (κ2) is 5.20. The van der Waals surface area contributed by atoms with Crippen LogP contribution in [0.2, 0.25) is 0 Å². The van der Waals surface area contributed by atoms with Crippen molar-refractivity contribution in [2.24, 2.45) is 0 Å². The smallest absolute Gasteiger partial charge is 0.313 e. The van der Waals surface area contributed by atoms with Crippen LogP contribution < -0.4 is 11.2 Å². The van der Waals surface area contributed by atoms with Crippen LogP contribution >= 0.6 is 15.9 Å². The normalized spacial score (nSPS) is 10.6. The second-order valence-electron chi connectivity index (χ2n) is 4.59. The predicted octanol–water partition coefficient (Wildman–Crippen LogP) is 2.11. The zero-order chi connectivity index (χ0) is 15.0. The Morgan fingerprint density at radius 2 is 1.75 bits per heavy atom. The van der Waals surface area contributed by atoms with Crippen LogP contribution in [0.3, 0.4) is 0 Å². The van der Waals surface area contributed by atoms with Crippen LogP contribution in [-0.4, -0.2) is 15.3 Å². The van der Waals surface area contributed by atoms with Gasteiger partial charge in [0.1, 0.15) is 0 Å². The molecule has 1 heterocycles. The first-order valence-electron chi connectivity index (χ1n) is 5.95. The van der Waals surface area contributed by atoms with Gasteiger partial charge in [-0.1, -0.05) is 15.9 Å². The van der Waals surface area contributed by atoms with Crippen LogP contribution in [0.1, 0.15) is 28.4 Å². The van der Waals surface area contributed by atoms with E-state index in [0.717, 1.165) is 26.4 Å². The van der Waals surface area contributed by atoms with Gasteiger partial charge in [-0.2, -0.15) is 0 Å². The quantitative estimate of drug-likeness (QED) is 0.853. The number of aryl methyl sites for hydroxylation is 2. The first-order valence-corrected chi connectivity index (χ1v) is 6.75. The van der Waals surface area contributed by atoms with Crippen LogP contribution in [0, 0.1) is 13.8 Å². The van der Waals surface area contributed by atoms with E-state index in [-0.39, 0.29) is 11.3 Å². The number of ketones is 1. The molecule has 0 aliphatic rings. The van der Waals surface area contributed by atoms with Crippen LogP contribution in [0.15, 0.2) is 32.4 Å². The fourth-order valence-corrected chi connectivity index (χ4v) is 2.87. The molecule has 2 aromatic rings. The summed E-state index contributed by atoms with van der Waals surface area (Å²) in [6.07, 6.45) is 1.16. The summed E-state index contributed by atoms with van der Waals surface area (Å²) in [5.41, 5.74) is 0.840. The molecule has 0 aliphatic heterocycles. The van der Waals surface area contributed by atoms with Gasteiger partial charge in [-0.25, -0.2) is 9.36 Å². The van der Waals surface area contributed by atoms with Gasteiger partial charge < -0.3 is 4.98 Å². The van der Waals surface area contributed by atoms with Crippen LogP contribution in [0.25, 0.3) is 5.69 Å². The molecule has 0 radical (unpaired) electrons. The first-order chi connectivity index (χ1) is 9.32. The Labute approximate surface area is 123 Å². The Hall–Kier alpha value is -1.95. The van der Waals surface area contributed by atoms with E-state index in [1.165, 1.54) is 6.92 Å². The highest BCUT2D eigenvalue weighted by Crippen LogP contribution is 2.22. The van der Waals surface area contributed by atoms with E-state index in [1.807, 2.05) is 12.1 Å². The Morgan fingerprint density at radius 3 is 2.25 bits per heavy atom. The molecular weight excluding hydrogens is 324 g/mol. The summed E-state index contributed by atoms with van der Waals surface area (Å²) in [5.74, 6) is -0.382. The number of Topliss-reactive ketones (excluding diaryl/α,β-unsaturated/α-hetero) is 1. The zero-order valence-electron chi connectivity index (χ0n) is 11.3. The van der Waals surface area contributed by atoms with Crippen molar-refractivity contribution in [3.63, 3.8) is 0 Å². The number of hydrogen-bond acceptors (Lipinski definition) is 3. The zero-order valence-corrected chi connectivity index (χ0v) is 12.9. The lowest BCUT2D eigenvalue weighted by Gasteiger charge is -2.12. The monoisotopic (exact) mass is 336 g/mol. The number of rotatable bonds is 2. The van der Waals surface area contributed by atoms with Crippen molar-refractivity contribution in [1.29, 1.82) is 0 Å². The van der Waals surface area contributed by atoms with Crippen molar-refractivity contribution in [2.45, 2.75) is 20.8 Å². The Morgan fingerprint density at radius 1 is 1.20 bits per heavy atom. The molecule has 20 heavy (non-hydrogen) atoms. The average molecular weight is 337 g/mol. The van der Waals surface area contributed by atoms with E-state index >= 15 is 0 Å². The molecule has 1 aromatic heterocycles. The maximum Gasteiger partial charge on any atom is 0.333 e. The molecule has 1 aromatic carbocycles. The molecule has 0 bridgehead atoms. The van der Waals surface area contributed by atoms with Gasteiger partial charge in [0.25, 0.3) is 5.56 Å². The topological polar surface area (TPSA) is 71.9 Å². The molecule has 0 aliphatic carbocycles. The maximum absolute atomic E-state index is 12.3. The van der Waals surface area contributed by atoms with Gasteiger partial charge in [0.2, 0.25) is 0 Å². The number of halogens is 1. The number of aromatic amines is 1. The van der Waals surface area contributed by atoms with Gasteiger partial charge in [-0.15, -0.1) is 0 Å². The van der Waals surface area contributed by atoms with E-state index in [1.54, 1.807) is 13.8 Å². The highest BCUT2D eigenvalue weighted by atomic mass is 79.9. The standard InChI is InChI=1S/C14H13BrN2O3/c1-7-4-10(15)5-8(2)12(7)17-13(19)11(9(3)18)6-16-14(17)20/h4-6H,1-3H3,(H,16,20). The summed E-state index contributed by atoms with van der Waals surface area (Å²) >= 11 is 3.37. The minimum absolute atomic E-state index is 0.0358. The largest absolute Gasteiger partial charge is 0.333 e. The number of nitrogens with one attached hydrogen (secondary N) is 1. The van der Waals surface area contributed by atoms with Gasteiger partial charge in [0, 0.05) is 10.7 Å². The Kier molecular flexibility index (Phi) is 3.76. The Balaban J connectivity index is 2.91. The predicted molar refractivity (Wildman–Crippen MR) is 79.8 cm³/mol.